The number of para-hydroxylation sites is 1. The summed E-state index contributed by atoms with van der Waals surface area (Å²) in [7, 11) is 1.64. The molecule has 1 aromatic heterocycles. The van der Waals surface area contributed by atoms with E-state index < -0.39 is 17.7 Å². The quantitative estimate of drug-likeness (QED) is 0.249. The highest BCUT2D eigenvalue weighted by molar-refractivity contribution is 6.42. The highest BCUT2D eigenvalue weighted by atomic mass is 35.5. The highest BCUT2D eigenvalue weighted by Gasteiger charge is 2.29. The molecule has 0 aliphatic rings. The predicted molar refractivity (Wildman–Crippen MR) is 154 cm³/mol. The van der Waals surface area contributed by atoms with Gasteiger partial charge in [-0.3, -0.25) is 4.79 Å². The molecule has 4 aromatic rings. The highest BCUT2D eigenvalue weighted by Crippen LogP contribution is 2.33. The van der Waals surface area contributed by atoms with E-state index in [1.165, 1.54) is 4.90 Å². The number of halogens is 2. The zero-order valence-corrected chi connectivity index (χ0v) is 23.6. The molecule has 0 bridgehead atoms. The Bertz CT molecular complexity index is 1430. The fourth-order valence-corrected chi connectivity index (χ4v) is 4.27. The standard InChI is InChI=1S/C29H30Cl2N4O4/c1-29(2,3)39-28(37)34-24(17-38-16-18-10-6-5-7-11-18)27(36)35(4)25-13-9-8-12-19(25)26-32-22-14-20(30)21(31)15-23(22)33-26/h5-15,24H,16-17H2,1-4H3,(H,32,33)(H,34,37). The van der Waals surface area contributed by atoms with Gasteiger partial charge in [0.05, 0.1) is 40.0 Å². The topological polar surface area (TPSA) is 96.6 Å². The Morgan fingerprint density at radius 1 is 1.03 bits per heavy atom. The summed E-state index contributed by atoms with van der Waals surface area (Å²) >= 11 is 12.3. The first kappa shape index (κ1) is 28.4. The fraction of sp³-hybridized carbons (Fsp3) is 0.276. The van der Waals surface area contributed by atoms with Crippen LogP contribution in [0.4, 0.5) is 10.5 Å². The number of hydrogen-bond donors (Lipinski definition) is 2. The SMILES string of the molecule is CN(C(=O)C(COCc1ccccc1)NC(=O)OC(C)(C)C)c1ccccc1-c1nc2cc(Cl)c(Cl)cc2[nH]1. The Balaban J connectivity index is 1.59. The molecule has 0 aliphatic carbocycles. The third-order valence-electron chi connectivity index (χ3n) is 5.76. The Labute approximate surface area is 237 Å². The monoisotopic (exact) mass is 568 g/mol. The molecule has 8 nitrogen and oxygen atoms in total. The fourth-order valence-electron chi connectivity index (χ4n) is 3.94. The average Bonchev–Trinajstić information content (AvgIpc) is 3.29. The summed E-state index contributed by atoms with van der Waals surface area (Å²) < 4.78 is 11.2. The minimum atomic E-state index is -1.00. The molecule has 1 atom stereocenters. The number of nitrogens with one attached hydrogen (secondary N) is 2. The summed E-state index contributed by atoms with van der Waals surface area (Å²) in [5, 5.41) is 3.48. The van der Waals surface area contributed by atoms with Crippen molar-refractivity contribution in [2.24, 2.45) is 0 Å². The number of anilines is 1. The van der Waals surface area contributed by atoms with Crippen molar-refractivity contribution >= 4 is 51.9 Å². The number of rotatable bonds is 8. The van der Waals surface area contributed by atoms with Crippen LogP contribution in [0.25, 0.3) is 22.4 Å². The molecule has 0 radical (unpaired) electrons. The molecule has 0 fully saturated rings. The van der Waals surface area contributed by atoms with E-state index in [4.69, 9.17) is 32.7 Å². The van der Waals surface area contributed by atoms with Crippen LogP contribution >= 0.6 is 23.2 Å². The molecule has 0 saturated carbocycles. The van der Waals surface area contributed by atoms with Crippen molar-refractivity contribution in [2.45, 2.75) is 39.0 Å². The number of amides is 2. The molecule has 39 heavy (non-hydrogen) atoms. The number of nitrogens with zero attached hydrogens (tertiary/aromatic N) is 2. The third-order valence-corrected chi connectivity index (χ3v) is 6.48. The first-order chi connectivity index (χ1) is 18.5. The number of likely N-dealkylation sites (N-methyl/N-ethyl adjacent to an activating group) is 1. The number of alkyl carbamates (subject to hydrolysis) is 1. The van der Waals surface area contributed by atoms with Crippen LogP contribution in [0.15, 0.2) is 66.7 Å². The zero-order valence-electron chi connectivity index (χ0n) is 22.1. The van der Waals surface area contributed by atoms with E-state index in [0.717, 1.165) is 5.56 Å². The molecule has 10 heteroatoms. The van der Waals surface area contributed by atoms with Crippen molar-refractivity contribution in [3.8, 4) is 11.4 Å². The lowest BCUT2D eigenvalue weighted by atomic mass is 10.1. The van der Waals surface area contributed by atoms with Gasteiger partial charge in [-0.05, 0) is 50.6 Å². The van der Waals surface area contributed by atoms with E-state index in [1.54, 1.807) is 46.0 Å². The number of hydrogen-bond acceptors (Lipinski definition) is 5. The summed E-state index contributed by atoms with van der Waals surface area (Å²) in [4.78, 5) is 35.7. The van der Waals surface area contributed by atoms with E-state index in [0.29, 0.717) is 38.2 Å². The van der Waals surface area contributed by atoms with Crippen molar-refractivity contribution in [3.05, 3.63) is 82.3 Å². The van der Waals surface area contributed by atoms with Gasteiger partial charge in [0.1, 0.15) is 17.5 Å². The molecular weight excluding hydrogens is 539 g/mol. The molecule has 204 valence electrons. The molecule has 3 aromatic carbocycles. The lowest BCUT2D eigenvalue weighted by Crippen LogP contribution is -2.51. The zero-order chi connectivity index (χ0) is 28.2. The number of carbonyl (C=O) groups is 2. The maximum atomic E-state index is 13.7. The number of ether oxygens (including phenoxy) is 2. The Hall–Kier alpha value is -3.59. The molecule has 4 rings (SSSR count). The molecule has 2 amide bonds. The van der Waals surface area contributed by atoms with Crippen molar-refractivity contribution < 1.29 is 19.1 Å². The van der Waals surface area contributed by atoms with Crippen LogP contribution in [0.5, 0.6) is 0 Å². The maximum Gasteiger partial charge on any atom is 0.408 e. The van der Waals surface area contributed by atoms with Gasteiger partial charge in [-0.2, -0.15) is 0 Å². The number of aromatic amines is 1. The number of benzene rings is 3. The predicted octanol–water partition coefficient (Wildman–Crippen LogP) is 6.61. The van der Waals surface area contributed by atoms with Crippen LogP contribution in [0.2, 0.25) is 10.0 Å². The summed E-state index contributed by atoms with van der Waals surface area (Å²) in [6.45, 7) is 5.49. The van der Waals surface area contributed by atoms with E-state index in [-0.39, 0.29) is 19.1 Å². The van der Waals surface area contributed by atoms with Crippen molar-refractivity contribution in [1.82, 2.24) is 15.3 Å². The minimum absolute atomic E-state index is 0.0545. The van der Waals surface area contributed by atoms with Gasteiger partial charge in [-0.15, -0.1) is 0 Å². The molecule has 0 spiro atoms. The van der Waals surface area contributed by atoms with Gasteiger partial charge in [0.2, 0.25) is 0 Å². The Kier molecular flexibility index (Phi) is 8.80. The van der Waals surface area contributed by atoms with Gasteiger partial charge in [-0.25, -0.2) is 9.78 Å². The first-order valence-corrected chi connectivity index (χ1v) is 13.1. The Morgan fingerprint density at radius 2 is 1.69 bits per heavy atom. The van der Waals surface area contributed by atoms with Crippen LogP contribution in [-0.4, -0.2) is 47.3 Å². The average molecular weight is 569 g/mol. The van der Waals surface area contributed by atoms with Crippen LogP contribution in [0.1, 0.15) is 26.3 Å². The normalized spacial score (nSPS) is 12.3. The maximum absolute atomic E-state index is 13.7. The van der Waals surface area contributed by atoms with Crippen molar-refractivity contribution in [3.63, 3.8) is 0 Å². The lowest BCUT2D eigenvalue weighted by Gasteiger charge is -2.27. The molecule has 0 saturated heterocycles. The molecule has 0 aliphatic heterocycles. The van der Waals surface area contributed by atoms with Gasteiger partial charge in [-0.1, -0.05) is 65.7 Å². The van der Waals surface area contributed by atoms with Crippen LogP contribution in [-0.2, 0) is 20.9 Å². The van der Waals surface area contributed by atoms with E-state index in [9.17, 15) is 9.59 Å². The number of fused-ring (bicyclic) bond motifs is 1. The third kappa shape index (κ3) is 7.29. The summed E-state index contributed by atoms with van der Waals surface area (Å²) in [6.07, 6.45) is -0.711. The lowest BCUT2D eigenvalue weighted by molar-refractivity contribution is -0.122. The van der Waals surface area contributed by atoms with E-state index >= 15 is 0 Å². The van der Waals surface area contributed by atoms with Crippen LogP contribution in [0.3, 0.4) is 0 Å². The van der Waals surface area contributed by atoms with Gasteiger partial charge >= 0.3 is 6.09 Å². The molecular formula is C29H30Cl2N4O4. The number of aromatic nitrogens is 2. The molecule has 1 unspecified atom stereocenters. The summed E-state index contributed by atoms with van der Waals surface area (Å²) in [5.74, 6) is 0.152. The largest absolute Gasteiger partial charge is 0.444 e. The van der Waals surface area contributed by atoms with Gasteiger partial charge in [0.25, 0.3) is 5.91 Å². The van der Waals surface area contributed by atoms with Gasteiger partial charge in [0.15, 0.2) is 0 Å². The first-order valence-electron chi connectivity index (χ1n) is 12.3. The van der Waals surface area contributed by atoms with Crippen molar-refractivity contribution in [2.75, 3.05) is 18.6 Å². The Morgan fingerprint density at radius 3 is 2.41 bits per heavy atom. The second-order valence-corrected chi connectivity index (χ2v) is 10.8. The van der Waals surface area contributed by atoms with Crippen LogP contribution < -0.4 is 10.2 Å². The number of imidazole rings is 1. The van der Waals surface area contributed by atoms with E-state index in [2.05, 4.69) is 15.3 Å². The van der Waals surface area contributed by atoms with Gasteiger partial charge in [0, 0.05) is 12.6 Å². The molecule has 1 heterocycles. The van der Waals surface area contributed by atoms with Crippen molar-refractivity contribution in [1.29, 1.82) is 0 Å². The van der Waals surface area contributed by atoms with E-state index in [1.807, 2.05) is 48.5 Å². The number of carbonyl (C=O) groups excluding carboxylic acids is 2. The van der Waals surface area contributed by atoms with Crippen LogP contribution in [0, 0.1) is 0 Å². The minimum Gasteiger partial charge on any atom is -0.444 e. The van der Waals surface area contributed by atoms with Gasteiger partial charge < -0.3 is 24.7 Å². The number of H-pyrrole nitrogens is 1. The second-order valence-electron chi connectivity index (χ2n) is 9.98. The summed E-state index contributed by atoms with van der Waals surface area (Å²) in [6, 6.07) is 19.3. The smallest absolute Gasteiger partial charge is 0.408 e. The summed E-state index contributed by atoms with van der Waals surface area (Å²) in [5.41, 5.74) is 2.83. The molecule has 2 N–H and O–H groups in total. The second kappa shape index (κ2) is 12.1.